The molecule has 0 aliphatic carbocycles. The van der Waals surface area contributed by atoms with Crippen LogP contribution in [0.1, 0.15) is 13.8 Å². The van der Waals surface area contributed by atoms with Crippen LogP contribution in [0.25, 0.3) is 0 Å². The first-order valence-corrected chi connectivity index (χ1v) is 4.82. The summed E-state index contributed by atoms with van der Waals surface area (Å²) < 4.78 is 0. The van der Waals surface area contributed by atoms with Crippen molar-refractivity contribution in [3.8, 4) is 0 Å². The zero-order valence-electron chi connectivity index (χ0n) is 7.08. The zero-order chi connectivity index (χ0) is 8.69. The summed E-state index contributed by atoms with van der Waals surface area (Å²) in [5, 5.41) is 17.4. The minimum Gasteiger partial charge on any atom is -0.394 e. The summed E-state index contributed by atoms with van der Waals surface area (Å²) in [5.41, 5.74) is 1.29. The second-order valence-electron chi connectivity index (χ2n) is 2.66. The van der Waals surface area contributed by atoms with Gasteiger partial charge >= 0.3 is 0 Å². The van der Waals surface area contributed by atoms with Gasteiger partial charge in [0.15, 0.2) is 0 Å². The number of allylic oxidation sites excluding steroid dienone is 1. The normalized spacial score (nSPS) is 12.7. The Morgan fingerprint density at radius 3 is 2.64 bits per heavy atom. The summed E-state index contributed by atoms with van der Waals surface area (Å²) in [4.78, 5) is 0. The van der Waals surface area contributed by atoms with Crippen LogP contribution in [-0.4, -0.2) is 34.4 Å². The lowest BCUT2D eigenvalue weighted by Crippen LogP contribution is -2.14. The van der Waals surface area contributed by atoms with Crippen molar-refractivity contribution in [3.63, 3.8) is 0 Å². The predicted octanol–water partition coefficient (Wildman–Crippen LogP) is 1.04. The fourth-order valence-electron chi connectivity index (χ4n) is 0.482. The number of aliphatic hydroxyl groups excluding tert-OH is 2. The van der Waals surface area contributed by atoms with E-state index in [9.17, 15) is 0 Å². The molecular formula is C8H16O2S. The van der Waals surface area contributed by atoms with Crippen LogP contribution in [0.5, 0.6) is 0 Å². The third-order valence-corrected chi connectivity index (χ3v) is 2.15. The largest absolute Gasteiger partial charge is 0.394 e. The number of hydrogen-bond donors (Lipinski definition) is 2. The van der Waals surface area contributed by atoms with Crippen molar-refractivity contribution in [2.75, 3.05) is 18.1 Å². The second kappa shape index (κ2) is 6.70. The Bertz CT molecular complexity index is 119. The molecule has 0 bridgehead atoms. The van der Waals surface area contributed by atoms with Crippen molar-refractivity contribution >= 4 is 11.8 Å². The van der Waals surface area contributed by atoms with E-state index >= 15 is 0 Å². The van der Waals surface area contributed by atoms with E-state index in [1.54, 1.807) is 11.8 Å². The number of rotatable bonds is 5. The topological polar surface area (TPSA) is 40.5 Å². The van der Waals surface area contributed by atoms with E-state index in [2.05, 4.69) is 6.08 Å². The molecule has 0 heterocycles. The maximum Gasteiger partial charge on any atom is 0.0861 e. The number of thioether (sulfide) groups is 1. The highest BCUT2D eigenvalue weighted by Crippen LogP contribution is 2.04. The van der Waals surface area contributed by atoms with Crippen LogP contribution in [0.3, 0.4) is 0 Å². The molecule has 0 radical (unpaired) electrons. The quantitative estimate of drug-likeness (QED) is 0.486. The van der Waals surface area contributed by atoms with Gasteiger partial charge in [-0.1, -0.05) is 11.6 Å². The third kappa shape index (κ3) is 7.91. The predicted molar refractivity (Wildman–Crippen MR) is 49.8 cm³/mol. The second-order valence-corrected chi connectivity index (χ2v) is 3.73. The van der Waals surface area contributed by atoms with Crippen molar-refractivity contribution in [3.05, 3.63) is 11.6 Å². The lowest BCUT2D eigenvalue weighted by Gasteiger charge is -2.03. The van der Waals surface area contributed by atoms with Crippen LogP contribution < -0.4 is 0 Å². The molecule has 0 amide bonds. The summed E-state index contributed by atoms with van der Waals surface area (Å²) in [5.74, 6) is 1.53. The van der Waals surface area contributed by atoms with Gasteiger partial charge in [-0.25, -0.2) is 0 Å². The molecule has 0 aliphatic heterocycles. The molecule has 0 saturated heterocycles. The molecule has 1 atom stereocenters. The maximum atomic E-state index is 8.93. The van der Waals surface area contributed by atoms with Gasteiger partial charge < -0.3 is 10.2 Å². The summed E-state index contributed by atoms with van der Waals surface area (Å²) >= 11 is 1.63. The number of hydrogen-bond acceptors (Lipinski definition) is 3. The minimum absolute atomic E-state index is 0.137. The number of aliphatic hydroxyl groups is 2. The Morgan fingerprint density at radius 2 is 2.18 bits per heavy atom. The summed E-state index contributed by atoms with van der Waals surface area (Å²) in [6, 6.07) is 0. The molecule has 3 heteroatoms. The molecule has 2 N–H and O–H groups in total. The SMILES string of the molecule is CC(C)=CCSCC(O)CO. The van der Waals surface area contributed by atoms with Gasteiger partial charge in [0, 0.05) is 11.5 Å². The molecule has 0 spiro atoms. The molecule has 0 aromatic carbocycles. The molecule has 0 aliphatic rings. The van der Waals surface area contributed by atoms with E-state index in [0.29, 0.717) is 5.75 Å². The first kappa shape index (κ1) is 11.0. The van der Waals surface area contributed by atoms with E-state index in [1.165, 1.54) is 5.57 Å². The van der Waals surface area contributed by atoms with Gasteiger partial charge in [0.2, 0.25) is 0 Å². The Kier molecular flexibility index (Phi) is 6.71. The van der Waals surface area contributed by atoms with Gasteiger partial charge in [0.1, 0.15) is 0 Å². The smallest absolute Gasteiger partial charge is 0.0861 e. The molecule has 0 aromatic heterocycles. The maximum absolute atomic E-state index is 8.93. The molecule has 1 unspecified atom stereocenters. The Morgan fingerprint density at radius 1 is 1.55 bits per heavy atom. The minimum atomic E-state index is -0.564. The summed E-state index contributed by atoms with van der Waals surface area (Å²) in [6.07, 6.45) is 1.54. The van der Waals surface area contributed by atoms with Crippen molar-refractivity contribution in [1.82, 2.24) is 0 Å². The van der Waals surface area contributed by atoms with E-state index in [4.69, 9.17) is 10.2 Å². The van der Waals surface area contributed by atoms with Crippen LogP contribution in [0, 0.1) is 0 Å². The summed E-state index contributed by atoms with van der Waals surface area (Å²) in [6.45, 7) is 3.95. The monoisotopic (exact) mass is 176 g/mol. The van der Waals surface area contributed by atoms with Gasteiger partial charge in [-0.15, -0.1) is 0 Å². The summed E-state index contributed by atoms with van der Waals surface area (Å²) in [7, 11) is 0. The van der Waals surface area contributed by atoms with Crippen molar-refractivity contribution in [2.45, 2.75) is 20.0 Å². The van der Waals surface area contributed by atoms with Crippen molar-refractivity contribution in [2.24, 2.45) is 0 Å². The van der Waals surface area contributed by atoms with Crippen LogP contribution in [0.2, 0.25) is 0 Å². The molecular weight excluding hydrogens is 160 g/mol. The van der Waals surface area contributed by atoms with Crippen molar-refractivity contribution < 1.29 is 10.2 Å². The Balaban J connectivity index is 3.21. The van der Waals surface area contributed by atoms with Crippen molar-refractivity contribution in [1.29, 1.82) is 0 Å². The molecule has 11 heavy (non-hydrogen) atoms. The highest BCUT2D eigenvalue weighted by molar-refractivity contribution is 7.99. The van der Waals surface area contributed by atoms with E-state index in [-0.39, 0.29) is 6.61 Å². The molecule has 0 fully saturated rings. The zero-order valence-corrected chi connectivity index (χ0v) is 7.90. The molecule has 0 saturated carbocycles. The van der Waals surface area contributed by atoms with Crippen LogP contribution in [0.15, 0.2) is 11.6 Å². The Labute approximate surface area is 72.3 Å². The third-order valence-electron chi connectivity index (χ3n) is 1.13. The van der Waals surface area contributed by atoms with Gasteiger partial charge in [-0.05, 0) is 13.8 Å². The fraction of sp³-hybridized carbons (Fsp3) is 0.750. The van der Waals surface area contributed by atoms with Crippen LogP contribution >= 0.6 is 11.8 Å². The average molecular weight is 176 g/mol. The van der Waals surface area contributed by atoms with E-state index in [1.807, 2.05) is 13.8 Å². The van der Waals surface area contributed by atoms with Gasteiger partial charge in [0.05, 0.1) is 12.7 Å². The lowest BCUT2D eigenvalue weighted by atomic mass is 10.3. The van der Waals surface area contributed by atoms with E-state index in [0.717, 1.165) is 5.75 Å². The first-order valence-electron chi connectivity index (χ1n) is 3.67. The van der Waals surface area contributed by atoms with E-state index < -0.39 is 6.10 Å². The highest BCUT2D eigenvalue weighted by Gasteiger charge is 1.99. The molecule has 2 nitrogen and oxygen atoms in total. The van der Waals surface area contributed by atoms with Gasteiger partial charge in [-0.3, -0.25) is 0 Å². The standard InChI is InChI=1S/C8H16O2S/c1-7(2)3-4-11-6-8(10)5-9/h3,8-10H,4-6H2,1-2H3. The van der Waals surface area contributed by atoms with Gasteiger partial charge in [0.25, 0.3) is 0 Å². The average Bonchev–Trinajstić information content (AvgIpc) is 1.97. The van der Waals surface area contributed by atoms with Crippen LogP contribution in [-0.2, 0) is 0 Å². The molecule has 0 aromatic rings. The van der Waals surface area contributed by atoms with Gasteiger partial charge in [-0.2, -0.15) is 11.8 Å². The lowest BCUT2D eigenvalue weighted by molar-refractivity contribution is 0.113. The first-order chi connectivity index (χ1) is 5.16. The molecule has 0 rings (SSSR count). The van der Waals surface area contributed by atoms with Crippen LogP contribution in [0.4, 0.5) is 0 Å². The molecule has 66 valence electrons. The highest BCUT2D eigenvalue weighted by atomic mass is 32.2. The fourth-order valence-corrected chi connectivity index (χ4v) is 1.45. The Hall–Kier alpha value is 0.01000.